The maximum atomic E-state index is 12.5. The summed E-state index contributed by atoms with van der Waals surface area (Å²) in [5.74, 6) is -0.730. The number of aliphatic imine (C=N–C) groups is 1. The third-order valence-electron chi connectivity index (χ3n) is 5.26. The molecule has 152 valence electrons. The number of carbonyl (C=O) groups is 2. The summed E-state index contributed by atoms with van der Waals surface area (Å²) < 4.78 is 0. The molecule has 2 aromatic rings. The molecule has 29 heavy (non-hydrogen) atoms. The second-order valence-electron chi connectivity index (χ2n) is 7.45. The number of hydrogen-bond donors (Lipinski definition) is 2. The maximum Gasteiger partial charge on any atom is 0.303 e. The van der Waals surface area contributed by atoms with Crippen molar-refractivity contribution in [1.82, 2.24) is 0 Å². The van der Waals surface area contributed by atoms with Crippen molar-refractivity contribution in [3.05, 3.63) is 59.4 Å². The summed E-state index contributed by atoms with van der Waals surface area (Å²) in [6.45, 7) is 0.549. The van der Waals surface area contributed by atoms with Gasteiger partial charge in [-0.15, -0.1) is 0 Å². The van der Waals surface area contributed by atoms with Crippen LogP contribution in [0, 0.1) is 0 Å². The Labute approximate surface area is 170 Å². The van der Waals surface area contributed by atoms with Gasteiger partial charge in [-0.3, -0.25) is 14.6 Å². The van der Waals surface area contributed by atoms with E-state index in [4.69, 9.17) is 5.11 Å². The average molecular weight is 393 g/mol. The monoisotopic (exact) mass is 393 g/mol. The Morgan fingerprint density at radius 2 is 1.76 bits per heavy atom. The smallest absolute Gasteiger partial charge is 0.303 e. The Bertz CT molecular complexity index is 953. The van der Waals surface area contributed by atoms with Gasteiger partial charge < -0.3 is 10.2 Å². The molecule has 1 fully saturated rings. The number of aliphatic hydroxyl groups is 1. The number of aliphatic hydroxyl groups excluding tert-OH is 1. The number of aliphatic carboxylic acids is 1. The molecule has 1 aliphatic rings. The molecular formula is C24H27NO4. The van der Waals surface area contributed by atoms with E-state index in [1.807, 2.05) is 42.5 Å². The average Bonchev–Trinajstić information content (AvgIpc) is 2.70. The highest BCUT2D eigenvalue weighted by molar-refractivity contribution is 6.24. The summed E-state index contributed by atoms with van der Waals surface area (Å²) in [6.07, 6.45) is 4.56. The van der Waals surface area contributed by atoms with Crippen molar-refractivity contribution in [3.8, 4) is 0 Å². The number of rotatable bonds is 8. The van der Waals surface area contributed by atoms with E-state index >= 15 is 0 Å². The molecule has 1 saturated carbocycles. The number of nitrogens with zero attached hydrogens (tertiary/aromatic N) is 1. The molecule has 0 atom stereocenters. The summed E-state index contributed by atoms with van der Waals surface area (Å²) in [7, 11) is 0. The van der Waals surface area contributed by atoms with E-state index in [0.29, 0.717) is 43.5 Å². The van der Waals surface area contributed by atoms with Crippen LogP contribution in [0.3, 0.4) is 0 Å². The van der Waals surface area contributed by atoms with Gasteiger partial charge in [0.05, 0.1) is 5.57 Å². The minimum absolute atomic E-state index is 0.0430. The minimum Gasteiger partial charge on any atom is -0.511 e. The maximum absolute atomic E-state index is 12.5. The molecule has 3 rings (SSSR count). The highest BCUT2D eigenvalue weighted by Crippen LogP contribution is 2.25. The SMILES string of the molecule is O=C(O)CCCCCN=C1CCCC(=O)/C1=C(\O)Cc1cccc2ccccc12. The Balaban J connectivity index is 1.76. The van der Waals surface area contributed by atoms with Crippen molar-refractivity contribution in [2.24, 2.45) is 4.99 Å². The second-order valence-corrected chi connectivity index (χ2v) is 7.45. The first kappa shape index (κ1) is 20.8. The summed E-state index contributed by atoms with van der Waals surface area (Å²) in [5, 5.41) is 21.7. The Morgan fingerprint density at radius 1 is 0.966 bits per heavy atom. The third-order valence-corrected chi connectivity index (χ3v) is 5.26. The molecule has 0 radical (unpaired) electrons. The molecule has 0 bridgehead atoms. The largest absolute Gasteiger partial charge is 0.511 e. The molecule has 0 aliphatic heterocycles. The normalized spacial score (nSPS) is 17.7. The summed E-state index contributed by atoms with van der Waals surface area (Å²) >= 11 is 0. The Kier molecular flexibility index (Phi) is 7.17. The van der Waals surface area contributed by atoms with Gasteiger partial charge >= 0.3 is 5.97 Å². The highest BCUT2D eigenvalue weighted by atomic mass is 16.4. The molecule has 0 unspecified atom stereocenters. The van der Waals surface area contributed by atoms with Gasteiger partial charge in [-0.2, -0.15) is 0 Å². The lowest BCUT2D eigenvalue weighted by molar-refractivity contribution is -0.137. The molecular weight excluding hydrogens is 366 g/mol. The lowest BCUT2D eigenvalue weighted by Crippen LogP contribution is -2.22. The Morgan fingerprint density at radius 3 is 2.59 bits per heavy atom. The zero-order valence-electron chi connectivity index (χ0n) is 16.6. The predicted octanol–water partition coefficient (Wildman–Crippen LogP) is 5.03. The van der Waals surface area contributed by atoms with Crippen molar-refractivity contribution in [1.29, 1.82) is 0 Å². The second kappa shape index (κ2) is 10.0. The van der Waals surface area contributed by atoms with E-state index < -0.39 is 5.97 Å². The molecule has 5 heteroatoms. The van der Waals surface area contributed by atoms with Gasteiger partial charge in [0.15, 0.2) is 5.78 Å². The van der Waals surface area contributed by atoms with Gasteiger partial charge in [0, 0.05) is 31.5 Å². The molecule has 0 saturated heterocycles. The fraction of sp³-hybridized carbons (Fsp3) is 0.375. The number of carboxylic acids is 1. The van der Waals surface area contributed by atoms with E-state index in [2.05, 4.69) is 4.99 Å². The number of hydrogen-bond acceptors (Lipinski definition) is 4. The number of Topliss-reactive ketones (excluding diaryl/α,β-unsaturated/α-hetero) is 1. The number of allylic oxidation sites excluding steroid dienone is 2. The van der Waals surface area contributed by atoms with Crippen LogP contribution in [-0.2, 0) is 16.0 Å². The van der Waals surface area contributed by atoms with Gasteiger partial charge in [-0.05, 0) is 42.0 Å². The lowest BCUT2D eigenvalue weighted by Gasteiger charge is -2.18. The van der Waals surface area contributed by atoms with E-state index in [1.54, 1.807) is 0 Å². The van der Waals surface area contributed by atoms with Crippen LogP contribution in [-0.4, -0.2) is 34.2 Å². The van der Waals surface area contributed by atoms with Crippen LogP contribution in [0.25, 0.3) is 10.8 Å². The van der Waals surface area contributed by atoms with Crippen LogP contribution in [0.5, 0.6) is 0 Å². The fourth-order valence-corrected chi connectivity index (χ4v) is 3.81. The molecule has 2 aromatic carbocycles. The van der Waals surface area contributed by atoms with E-state index in [0.717, 1.165) is 35.6 Å². The number of carboxylic acid groups (broad SMARTS) is 1. The third kappa shape index (κ3) is 5.53. The number of unbranched alkanes of at least 4 members (excludes halogenated alkanes) is 2. The molecule has 5 nitrogen and oxygen atoms in total. The van der Waals surface area contributed by atoms with E-state index in [9.17, 15) is 14.7 Å². The molecule has 0 aromatic heterocycles. The summed E-state index contributed by atoms with van der Waals surface area (Å²) in [4.78, 5) is 27.7. The number of fused-ring (bicyclic) bond motifs is 1. The van der Waals surface area contributed by atoms with Gasteiger partial charge in [-0.25, -0.2) is 0 Å². The van der Waals surface area contributed by atoms with Gasteiger partial charge in [-0.1, -0.05) is 48.9 Å². The molecule has 0 amide bonds. The van der Waals surface area contributed by atoms with Gasteiger partial charge in [0.1, 0.15) is 5.76 Å². The van der Waals surface area contributed by atoms with Gasteiger partial charge in [0.25, 0.3) is 0 Å². The first-order chi connectivity index (χ1) is 14.1. The topological polar surface area (TPSA) is 87.0 Å². The van der Waals surface area contributed by atoms with Crippen molar-refractivity contribution in [3.63, 3.8) is 0 Å². The Hall–Kier alpha value is -2.95. The van der Waals surface area contributed by atoms with Crippen LogP contribution >= 0.6 is 0 Å². The van der Waals surface area contributed by atoms with Crippen molar-refractivity contribution < 1.29 is 19.8 Å². The summed E-state index contributed by atoms with van der Waals surface area (Å²) in [6, 6.07) is 14.0. The lowest BCUT2D eigenvalue weighted by atomic mass is 9.88. The molecule has 2 N–H and O–H groups in total. The van der Waals surface area contributed by atoms with Crippen LogP contribution in [0.4, 0.5) is 0 Å². The van der Waals surface area contributed by atoms with Crippen molar-refractivity contribution in [2.75, 3.05) is 6.54 Å². The first-order valence-electron chi connectivity index (χ1n) is 10.2. The van der Waals surface area contributed by atoms with E-state index in [1.165, 1.54) is 0 Å². The van der Waals surface area contributed by atoms with Crippen molar-refractivity contribution in [2.45, 2.75) is 51.4 Å². The first-order valence-corrected chi connectivity index (χ1v) is 10.2. The zero-order chi connectivity index (χ0) is 20.6. The number of benzene rings is 2. The van der Waals surface area contributed by atoms with Crippen LogP contribution in [0.1, 0.15) is 50.5 Å². The predicted molar refractivity (Wildman–Crippen MR) is 115 cm³/mol. The van der Waals surface area contributed by atoms with Crippen LogP contribution in [0.15, 0.2) is 58.8 Å². The molecule has 1 aliphatic carbocycles. The standard InChI is InChI=1S/C24H27NO4/c26-21-13-7-12-20(25-15-5-1-2-14-23(28)29)24(21)22(27)16-18-10-6-9-17-8-3-4-11-19(17)18/h3-4,6,8-11,27H,1-2,5,7,12-16H2,(H,28,29)/b24-22-,25-20?. The van der Waals surface area contributed by atoms with Gasteiger partial charge in [0.2, 0.25) is 0 Å². The number of ketones is 1. The fourth-order valence-electron chi connectivity index (χ4n) is 3.81. The van der Waals surface area contributed by atoms with E-state index in [-0.39, 0.29) is 18.0 Å². The molecule has 0 heterocycles. The quantitative estimate of drug-likeness (QED) is 0.374. The highest BCUT2D eigenvalue weighted by Gasteiger charge is 2.25. The summed E-state index contributed by atoms with van der Waals surface area (Å²) in [5.41, 5.74) is 2.06. The van der Waals surface area contributed by atoms with Crippen LogP contribution in [0.2, 0.25) is 0 Å². The zero-order valence-corrected chi connectivity index (χ0v) is 16.6. The van der Waals surface area contributed by atoms with Crippen LogP contribution < -0.4 is 0 Å². The number of carbonyl (C=O) groups excluding carboxylic acids is 1. The van der Waals surface area contributed by atoms with Crippen molar-refractivity contribution >= 4 is 28.2 Å². The minimum atomic E-state index is -0.780. The molecule has 0 spiro atoms.